The number of carbonyl (C=O) groups excluding carboxylic acids is 3. The Hall–Kier alpha value is -2.57. The molecule has 1 aliphatic rings. The van der Waals surface area contributed by atoms with Gasteiger partial charge in [0, 0.05) is 12.1 Å². The van der Waals surface area contributed by atoms with Crippen molar-refractivity contribution in [3.63, 3.8) is 0 Å². The molecular weight excluding hydrogens is 478 g/mol. The molecule has 38 heavy (non-hydrogen) atoms. The summed E-state index contributed by atoms with van der Waals surface area (Å²) >= 11 is 0. The fraction of sp³-hybridized carbons (Fsp3) is 0.710. The Morgan fingerprint density at radius 3 is 2.11 bits per heavy atom. The predicted molar refractivity (Wildman–Crippen MR) is 153 cm³/mol. The van der Waals surface area contributed by atoms with E-state index in [0.717, 1.165) is 50.5 Å². The third-order valence-corrected chi connectivity index (χ3v) is 7.18. The smallest absolute Gasteiger partial charge is 0.408 e. The fourth-order valence-electron chi connectivity index (χ4n) is 4.98. The number of benzene rings is 1. The summed E-state index contributed by atoms with van der Waals surface area (Å²) in [6.45, 7) is 15.4. The molecule has 7 heteroatoms. The second kappa shape index (κ2) is 14.5. The zero-order valence-electron chi connectivity index (χ0n) is 24.9. The quantitative estimate of drug-likeness (QED) is 0.352. The highest BCUT2D eigenvalue weighted by Crippen LogP contribution is 2.29. The van der Waals surface area contributed by atoms with E-state index in [1.54, 1.807) is 32.6 Å². The Kier molecular flexibility index (Phi) is 12.1. The Morgan fingerprint density at radius 1 is 0.974 bits per heavy atom. The highest BCUT2D eigenvalue weighted by Gasteiger charge is 2.38. The maximum atomic E-state index is 14.0. The lowest BCUT2D eigenvalue weighted by atomic mass is 9.93. The maximum Gasteiger partial charge on any atom is 0.408 e. The van der Waals surface area contributed by atoms with Crippen molar-refractivity contribution >= 4 is 17.9 Å². The van der Waals surface area contributed by atoms with Crippen LogP contribution in [0.4, 0.5) is 4.79 Å². The minimum atomic E-state index is -0.855. The van der Waals surface area contributed by atoms with Crippen LogP contribution in [0.15, 0.2) is 24.3 Å². The van der Waals surface area contributed by atoms with Gasteiger partial charge in [-0.05, 0) is 83.8 Å². The van der Waals surface area contributed by atoms with Crippen LogP contribution in [0.25, 0.3) is 0 Å². The van der Waals surface area contributed by atoms with Crippen molar-refractivity contribution in [1.82, 2.24) is 15.5 Å². The molecule has 1 aliphatic carbocycles. The minimum absolute atomic E-state index is 0.119. The second-order valence-electron chi connectivity index (χ2n) is 12.3. The fourth-order valence-corrected chi connectivity index (χ4v) is 4.98. The van der Waals surface area contributed by atoms with Crippen molar-refractivity contribution in [2.75, 3.05) is 0 Å². The number of alkyl carbamates (subject to hydrolysis) is 1. The SMILES string of the molecule is CCc1ccc(C(C(=O)NC2CCCCC2)N(C(=O)C(C)NC(=O)OC(C)(C)C)C(C)CCC(C)C)cc1. The number of nitrogens with zero attached hydrogens (tertiary/aromatic N) is 1. The van der Waals surface area contributed by atoms with Gasteiger partial charge in [-0.15, -0.1) is 0 Å². The van der Waals surface area contributed by atoms with Gasteiger partial charge in [0.2, 0.25) is 11.8 Å². The number of ether oxygens (including phenoxy) is 1. The molecule has 1 fully saturated rings. The maximum absolute atomic E-state index is 14.0. The summed E-state index contributed by atoms with van der Waals surface area (Å²) in [6.07, 6.45) is 7.23. The molecule has 1 aromatic rings. The van der Waals surface area contributed by atoms with E-state index in [0.29, 0.717) is 5.92 Å². The summed E-state index contributed by atoms with van der Waals surface area (Å²) in [5.41, 5.74) is 1.27. The third-order valence-electron chi connectivity index (χ3n) is 7.18. The predicted octanol–water partition coefficient (Wildman–Crippen LogP) is 6.31. The minimum Gasteiger partial charge on any atom is -0.444 e. The van der Waals surface area contributed by atoms with Crippen LogP contribution in [0.1, 0.15) is 118 Å². The molecule has 3 unspecified atom stereocenters. The van der Waals surface area contributed by atoms with Crippen molar-refractivity contribution < 1.29 is 19.1 Å². The number of hydrogen-bond acceptors (Lipinski definition) is 4. The van der Waals surface area contributed by atoms with E-state index in [4.69, 9.17) is 4.74 Å². The number of hydrogen-bond donors (Lipinski definition) is 2. The van der Waals surface area contributed by atoms with Gasteiger partial charge in [0.1, 0.15) is 17.7 Å². The molecule has 1 saturated carbocycles. The molecule has 0 radical (unpaired) electrons. The van der Waals surface area contributed by atoms with E-state index >= 15 is 0 Å². The van der Waals surface area contributed by atoms with Crippen LogP contribution in [0.2, 0.25) is 0 Å². The van der Waals surface area contributed by atoms with E-state index in [2.05, 4.69) is 31.4 Å². The molecule has 3 amide bonds. The highest BCUT2D eigenvalue weighted by molar-refractivity contribution is 5.92. The summed E-state index contributed by atoms with van der Waals surface area (Å²) < 4.78 is 5.40. The third kappa shape index (κ3) is 9.95. The zero-order valence-corrected chi connectivity index (χ0v) is 24.9. The van der Waals surface area contributed by atoms with E-state index in [-0.39, 0.29) is 23.9 Å². The first-order valence-electron chi connectivity index (χ1n) is 14.5. The molecule has 2 N–H and O–H groups in total. The van der Waals surface area contributed by atoms with Crippen molar-refractivity contribution in [3.8, 4) is 0 Å². The van der Waals surface area contributed by atoms with Gasteiger partial charge in [-0.25, -0.2) is 4.79 Å². The summed E-state index contributed by atoms with van der Waals surface area (Å²) in [5, 5.41) is 5.96. The van der Waals surface area contributed by atoms with Gasteiger partial charge in [-0.2, -0.15) is 0 Å². The molecule has 214 valence electrons. The average Bonchev–Trinajstić information content (AvgIpc) is 2.84. The number of carbonyl (C=O) groups is 3. The van der Waals surface area contributed by atoms with Crippen LogP contribution in [-0.2, 0) is 20.7 Å². The Morgan fingerprint density at radius 2 is 1.58 bits per heavy atom. The van der Waals surface area contributed by atoms with Crippen LogP contribution >= 0.6 is 0 Å². The lowest BCUT2D eigenvalue weighted by Gasteiger charge is -2.39. The molecular formula is C31H51N3O4. The Labute approximate surface area is 230 Å². The van der Waals surface area contributed by atoms with Gasteiger partial charge in [0.05, 0.1) is 0 Å². The topological polar surface area (TPSA) is 87.7 Å². The van der Waals surface area contributed by atoms with Crippen molar-refractivity contribution in [2.45, 2.75) is 137 Å². The molecule has 0 bridgehead atoms. The van der Waals surface area contributed by atoms with Crippen LogP contribution < -0.4 is 10.6 Å². The summed E-state index contributed by atoms with van der Waals surface area (Å²) in [6, 6.07) is 6.25. The Balaban J connectivity index is 2.44. The molecule has 0 saturated heterocycles. The van der Waals surface area contributed by atoms with Gasteiger partial charge in [0.15, 0.2) is 0 Å². The number of aryl methyl sites for hydroxylation is 1. The molecule has 3 atom stereocenters. The van der Waals surface area contributed by atoms with Gasteiger partial charge in [-0.3, -0.25) is 9.59 Å². The molecule has 7 nitrogen and oxygen atoms in total. The van der Waals surface area contributed by atoms with E-state index < -0.39 is 23.8 Å². The molecule has 2 rings (SSSR count). The van der Waals surface area contributed by atoms with E-state index in [1.165, 1.54) is 12.0 Å². The van der Waals surface area contributed by atoms with Crippen molar-refractivity contribution in [3.05, 3.63) is 35.4 Å². The van der Waals surface area contributed by atoms with Gasteiger partial charge < -0.3 is 20.3 Å². The van der Waals surface area contributed by atoms with Crippen molar-refractivity contribution in [1.29, 1.82) is 0 Å². The van der Waals surface area contributed by atoms with Crippen LogP contribution in [0, 0.1) is 5.92 Å². The Bertz CT molecular complexity index is 901. The van der Waals surface area contributed by atoms with Crippen LogP contribution in [0.5, 0.6) is 0 Å². The zero-order chi connectivity index (χ0) is 28.5. The molecule has 0 aliphatic heterocycles. The first kappa shape index (κ1) is 31.6. The highest BCUT2D eigenvalue weighted by atomic mass is 16.6. The van der Waals surface area contributed by atoms with Crippen molar-refractivity contribution in [2.24, 2.45) is 5.92 Å². The lowest BCUT2D eigenvalue weighted by molar-refractivity contribution is -0.145. The monoisotopic (exact) mass is 529 g/mol. The summed E-state index contributed by atoms with van der Waals surface area (Å²) in [7, 11) is 0. The second-order valence-corrected chi connectivity index (χ2v) is 12.3. The van der Waals surface area contributed by atoms with Crippen LogP contribution in [0.3, 0.4) is 0 Å². The molecule has 1 aromatic carbocycles. The summed E-state index contributed by atoms with van der Waals surface area (Å²) in [4.78, 5) is 42.2. The van der Waals surface area contributed by atoms with Gasteiger partial charge in [-0.1, -0.05) is 64.3 Å². The summed E-state index contributed by atoms with van der Waals surface area (Å²) in [5.74, 6) is 0.0101. The standard InChI is InChI=1S/C31H51N3O4/c1-9-24-17-19-25(20-18-24)27(28(35)33-26-13-11-10-12-14-26)34(22(4)16-15-21(2)3)29(36)23(5)32-30(37)38-31(6,7)8/h17-23,26-27H,9-16H2,1-8H3,(H,32,37)(H,33,35). The average molecular weight is 530 g/mol. The largest absolute Gasteiger partial charge is 0.444 e. The number of nitrogens with one attached hydrogen (secondary N) is 2. The first-order valence-corrected chi connectivity index (χ1v) is 14.5. The van der Waals surface area contributed by atoms with E-state index in [1.807, 2.05) is 31.2 Å². The number of rotatable bonds is 11. The first-order chi connectivity index (χ1) is 17.8. The number of amides is 3. The van der Waals surface area contributed by atoms with Gasteiger partial charge in [0.25, 0.3) is 0 Å². The molecule has 0 heterocycles. The normalized spacial score (nSPS) is 16.9. The molecule has 0 aromatic heterocycles. The van der Waals surface area contributed by atoms with Gasteiger partial charge >= 0.3 is 6.09 Å². The molecule has 0 spiro atoms. The van der Waals surface area contributed by atoms with Crippen LogP contribution in [-0.4, -0.2) is 46.5 Å². The van der Waals surface area contributed by atoms with E-state index in [9.17, 15) is 14.4 Å². The lowest BCUT2D eigenvalue weighted by Crippen LogP contribution is -2.55.